The lowest BCUT2D eigenvalue weighted by atomic mass is 10.2. The quantitative estimate of drug-likeness (QED) is 0.166. The Morgan fingerprint density at radius 3 is 2.72 bits per heavy atom. The molecule has 1 rings (SSSR count). The number of halogens is 1. The van der Waals surface area contributed by atoms with Crippen LogP contribution in [0.2, 0.25) is 0 Å². The number of aliphatic imine (C=N–C) groups is 1. The Kier molecular flexibility index (Phi) is 15.2. The molecule has 0 heterocycles. The van der Waals surface area contributed by atoms with E-state index in [2.05, 4.69) is 28.6 Å². The van der Waals surface area contributed by atoms with E-state index in [0.29, 0.717) is 5.92 Å². The molecule has 0 spiro atoms. The Bertz CT molecular complexity index is 489. The lowest BCUT2D eigenvalue weighted by Gasteiger charge is -2.16. The van der Waals surface area contributed by atoms with Crippen LogP contribution in [0.3, 0.4) is 0 Å². The molecule has 0 bridgehead atoms. The molecule has 144 valence electrons. The minimum atomic E-state index is 0. The maximum atomic E-state index is 5.39. The van der Waals surface area contributed by atoms with Gasteiger partial charge in [-0.15, -0.1) is 35.7 Å². The van der Waals surface area contributed by atoms with Gasteiger partial charge >= 0.3 is 0 Å². The average Bonchev–Trinajstić information content (AvgIpc) is 2.62. The van der Waals surface area contributed by atoms with E-state index >= 15 is 0 Å². The SMILES string of the molecule is CCOCCCNC(=NC)NCC(C)CSc1ccccc1OC.I. The number of hydrogen-bond donors (Lipinski definition) is 2. The topological polar surface area (TPSA) is 54.9 Å². The van der Waals surface area contributed by atoms with E-state index in [1.807, 2.05) is 36.9 Å². The lowest BCUT2D eigenvalue weighted by Crippen LogP contribution is -2.40. The first-order valence-electron chi connectivity index (χ1n) is 8.49. The van der Waals surface area contributed by atoms with E-state index in [1.165, 1.54) is 4.90 Å². The summed E-state index contributed by atoms with van der Waals surface area (Å²) in [5.74, 6) is 3.33. The molecule has 2 N–H and O–H groups in total. The fourth-order valence-electron chi connectivity index (χ4n) is 2.05. The summed E-state index contributed by atoms with van der Waals surface area (Å²) in [6, 6.07) is 8.14. The monoisotopic (exact) mass is 481 g/mol. The second-order valence-corrected chi connectivity index (χ2v) is 6.56. The largest absolute Gasteiger partial charge is 0.496 e. The molecule has 5 nitrogen and oxygen atoms in total. The Morgan fingerprint density at radius 2 is 2.04 bits per heavy atom. The van der Waals surface area contributed by atoms with E-state index in [9.17, 15) is 0 Å². The van der Waals surface area contributed by atoms with Crippen molar-refractivity contribution in [2.24, 2.45) is 10.9 Å². The molecular weight excluding hydrogens is 449 g/mol. The fraction of sp³-hybridized carbons (Fsp3) is 0.611. The van der Waals surface area contributed by atoms with Gasteiger partial charge in [0.2, 0.25) is 0 Å². The first-order chi connectivity index (χ1) is 11.7. The zero-order valence-corrected chi connectivity index (χ0v) is 18.9. The van der Waals surface area contributed by atoms with Crippen molar-refractivity contribution in [1.82, 2.24) is 10.6 Å². The van der Waals surface area contributed by atoms with E-state index in [0.717, 1.165) is 50.2 Å². The van der Waals surface area contributed by atoms with Crippen LogP contribution in [-0.2, 0) is 4.74 Å². The number of thioether (sulfide) groups is 1. The van der Waals surface area contributed by atoms with E-state index in [1.54, 1.807) is 14.2 Å². The summed E-state index contributed by atoms with van der Waals surface area (Å²) < 4.78 is 10.7. The third-order valence-electron chi connectivity index (χ3n) is 3.40. The zero-order valence-electron chi connectivity index (χ0n) is 15.7. The van der Waals surface area contributed by atoms with Crippen molar-refractivity contribution in [1.29, 1.82) is 0 Å². The molecule has 0 aliphatic carbocycles. The Hall–Kier alpha value is -0.670. The van der Waals surface area contributed by atoms with Crippen LogP contribution in [0.25, 0.3) is 0 Å². The van der Waals surface area contributed by atoms with Gasteiger partial charge in [0.25, 0.3) is 0 Å². The van der Waals surface area contributed by atoms with Crippen molar-refractivity contribution >= 4 is 41.7 Å². The van der Waals surface area contributed by atoms with Crippen LogP contribution >= 0.6 is 35.7 Å². The second kappa shape index (κ2) is 15.6. The third kappa shape index (κ3) is 10.8. The van der Waals surface area contributed by atoms with Gasteiger partial charge in [-0.2, -0.15) is 0 Å². The smallest absolute Gasteiger partial charge is 0.190 e. The minimum absolute atomic E-state index is 0. The van der Waals surface area contributed by atoms with Gasteiger partial charge in [0.15, 0.2) is 5.96 Å². The molecule has 1 aromatic carbocycles. The average molecular weight is 481 g/mol. The molecule has 1 unspecified atom stereocenters. The molecule has 25 heavy (non-hydrogen) atoms. The standard InChI is InChI=1S/C18H31N3O2S.HI/c1-5-23-12-8-11-20-18(19-3)21-13-15(2)14-24-17-10-7-6-9-16(17)22-4;/h6-7,9-10,15H,5,8,11-14H2,1-4H3,(H2,19,20,21);1H. The summed E-state index contributed by atoms with van der Waals surface area (Å²) in [4.78, 5) is 5.44. The summed E-state index contributed by atoms with van der Waals surface area (Å²) in [7, 11) is 3.51. The van der Waals surface area contributed by atoms with Crippen molar-refractivity contribution in [3.63, 3.8) is 0 Å². The van der Waals surface area contributed by atoms with Crippen LogP contribution in [-0.4, -0.2) is 52.2 Å². The molecular formula is C18H32IN3O2S. The fourth-order valence-corrected chi connectivity index (χ4v) is 3.10. The molecule has 0 amide bonds. The van der Waals surface area contributed by atoms with E-state index in [4.69, 9.17) is 9.47 Å². The number of nitrogens with one attached hydrogen (secondary N) is 2. The van der Waals surface area contributed by atoms with Crippen LogP contribution in [0.1, 0.15) is 20.3 Å². The van der Waals surface area contributed by atoms with Crippen LogP contribution in [0.5, 0.6) is 5.75 Å². The molecule has 0 fully saturated rings. The molecule has 7 heteroatoms. The molecule has 0 radical (unpaired) electrons. The van der Waals surface area contributed by atoms with Gasteiger partial charge in [0.05, 0.1) is 7.11 Å². The molecule has 1 atom stereocenters. The molecule has 0 aromatic heterocycles. The maximum Gasteiger partial charge on any atom is 0.190 e. The van der Waals surface area contributed by atoms with E-state index in [-0.39, 0.29) is 24.0 Å². The highest BCUT2D eigenvalue weighted by Gasteiger charge is 2.07. The van der Waals surface area contributed by atoms with Crippen molar-refractivity contribution in [3.8, 4) is 5.75 Å². The van der Waals surface area contributed by atoms with Crippen LogP contribution in [0.15, 0.2) is 34.2 Å². The molecule has 0 aliphatic heterocycles. The van der Waals surface area contributed by atoms with Gasteiger partial charge in [-0.05, 0) is 31.4 Å². The first-order valence-corrected chi connectivity index (χ1v) is 9.47. The van der Waals surface area contributed by atoms with Gasteiger partial charge in [0.1, 0.15) is 5.75 Å². The minimum Gasteiger partial charge on any atom is -0.496 e. The predicted molar refractivity (Wildman–Crippen MR) is 119 cm³/mol. The first kappa shape index (κ1) is 24.3. The lowest BCUT2D eigenvalue weighted by molar-refractivity contribution is 0.145. The van der Waals surface area contributed by atoms with Crippen molar-refractivity contribution in [2.45, 2.75) is 25.2 Å². The Morgan fingerprint density at radius 1 is 1.28 bits per heavy atom. The number of ether oxygens (including phenoxy) is 2. The number of guanidine groups is 1. The van der Waals surface area contributed by atoms with E-state index < -0.39 is 0 Å². The summed E-state index contributed by atoms with van der Waals surface area (Å²) in [6.45, 7) is 7.55. The molecule has 1 aromatic rings. The van der Waals surface area contributed by atoms with Gasteiger partial charge in [-0.3, -0.25) is 4.99 Å². The Balaban J connectivity index is 0.00000576. The number of rotatable bonds is 11. The van der Waals surface area contributed by atoms with Crippen molar-refractivity contribution in [2.75, 3.05) is 46.2 Å². The van der Waals surface area contributed by atoms with Gasteiger partial charge in [0, 0.05) is 44.0 Å². The summed E-state index contributed by atoms with van der Waals surface area (Å²) in [5.41, 5.74) is 0. The van der Waals surface area contributed by atoms with Gasteiger partial charge in [-0.25, -0.2) is 0 Å². The van der Waals surface area contributed by atoms with Gasteiger partial charge in [-0.1, -0.05) is 19.1 Å². The van der Waals surface area contributed by atoms with Crippen LogP contribution in [0.4, 0.5) is 0 Å². The molecule has 0 aliphatic rings. The van der Waals surface area contributed by atoms with Crippen LogP contribution < -0.4 is 15.4 Å². The maximum absolute atomic E-state index is 5.39. The predicted octanol–water partition coefficient (Wildman–Crippen LogP) is 3.63. The summed E-state index contributed by atoms with van der Waals surface area (Å²) >= 11 is 1.82. The Labute approximate surface area is 173 Å². The highest BCUT2D eigenvalue weighted by molar-refractivity contribution is 14.0. The zero-order chi connectivity index (χ0) is 17.6. The normalized spacial score (nSPS) is 12.2. The highest BCUT2D eigenvalue weighted by Crippen LogP contribution is 2.29. The number of benzene rings is 1. The summed E-state index contributed by atoms with van der Waals surface area (Å²) in [6.07, 6.45) is 0.980. The van der Waals surface area contributed by atoms with Crippen LogP contribution in [0, 0.1) is 5.92 Å². The highest BCUT2D eigenvalue weighted by atomic mass is 127. The molecule has 0 saturated carbocycles. The number of nitrogens with zero attached hydrogens (tertiary/aromatic N) is 1. The number of para-hydroxylation sites is 1. The third-order valence-corrected chi connectivity index (χ3v) is 4.78. The van der Waals surface area contributed by atoms with Crippen molar-refractivity contribution in [3.05, 3.63) is 24.3 Å². The molecule has 0 saturated heterocycles. The number of hydrogen-bond acceptors (Lipinski definition) is 4. The number of methoxy groups -OCH3 is 1. The van der Waals surface area contributed by atoms with Crippen molar-refractivity contribution < 1.29 is 9.47 Å². The summed E-state index contributed by atoms with van der Waals surface area (Å²) in [5, 5.41) is 6.69. The van der Waals surface area contributed by atoms with Gasteiger partial charge < -0.3 is 20.1 Å². The second-order valence-electron chi connectivity index (χ2n) is 5.50.